The smallest absolute Gasteiger partial charge is 0.222 e. The first-order valence-electron chi connectivity index (χ1n) is 9.64. The Labute approximate surface area is 185 Å². The number of benzene rings is 1. The highest BCUT2D eigenvalue weighted by Gasteiger charge is 2.25. The number of carbonyl (C=O) groups is 1. The third-order valence-electron chi connectivity index (χ3n) is 4.67. The summed E-state index contributed by atoms with van der Waals surface area (Å²) in [4.78, 5) is 18.4. The molecule has 1 aliphatic heterocycles. The van der Waals surface area contributed by atoms with E-state index in [1.54, 1.807) is 14.2 Å². The van der Waals surface area contributed by atoms with Gasteiger partial charge in [0, 0.05) is 38.6 Å². The van der Waals surface area contributed by atoms with Crippen LogP contribution < -0.4 is 20.1 Å². The summed E-state index contributed by atoms with van der Waals surface area (Å²) in [5, 5.41) is 6.74. The number of nitrogens with one attached hydrogen (secondary N) is 2. The lowest BCUT2D eigenvalue weighted by Gasteiger charge is -2.18. The molecule has 158 valence electrons. The number of aliphatic imine (C=N–C) groups is 1. The van der Waals surface area contributed by atoms with E-state index in [9.17, 15) is 4.79 Å². The van der Waals surface area contributed by atoms with Crippen molar-refractivity contribution in [2.24, 2.45) is 4.99 Å². The Morgan fingerprint density at radius 2 is 2.07 bits per heavy atom. The van der Waals surface area contributed by atoms with Crippen molar-refractivity contribution >= 4 is 35.8 Å². The number of likely N-dealkylation sites (tertiary alicyclic amines) is 1. The molecule has 0 saturated carbocycles. The monoisotopic (exact) mass is 504 g/mol. The van der Waals surface area contributed by atoms with Crippen LogP contribution in [-0.4, -0.2) is 63.2 Å². The van der Waals surface area contributed by atoms with Crippen LogP contribution in [0, 0.1) is 0 Å². The van der Waals surface area contributed by atoms with Gasteiger partial charge in [0.05, 0.1) is 14.2 Å². The number of halogens is 1. The molecule has 1 unspecified atom stereocenters. The molecule has 0 aliphatic carbocycles. The fraction of sp³-hybridized carbons (Fsp3) is 0.600. The maximum Gasteiger partial charge on any atom is 0.222 e. The summed E-state index contributed by atoms with van der Waals surface area (Å²) in [6.45, 7) is 6.92. The number of methoxy groups -OCH3 is 2. The molecule has 28 heavy (non-hydrogen) atoms. The largest absolute Gasteiger partial charge is 0.497 e. The minimum atomic E-state index is 0. The third-order valence-corrected chi connectivity index (χ3v) is 4.67. The Bertz CT molecular complexity index is 654. The van der Waals surface area contributed by atoms with Crippen LogP contribution in [0.4, 0.5) is 0 Å². The summed E-state index contributed by atoms with van der Waals surface area (Å²) < 4.78 is 10.7. The zero-order valence-electron chi connectivity index (χ0n) is 17.3. The zero-order chi connectivity index (χ0) is 19.6. The molecule has 0 radical (unpaired) electrons. The van der Waals surface area contributed by atoms with Crippen molar-refractivity contribution in [1.29, 1.82) is 0 Å². The first-order chi connectivity index (χ1) is 13.1. The van der Waals surface area contributed by atoms with Crippen molar-refractivity contribution in [3.05, 3.63) is 23.8 Å². The van der Waals surface area contributed by atoms with Crippen molar-refractivity contribution in [3.8, 4) is 11.5 Å². The maximum absolute atomic E-state index is 11.8. The van der Waals surface area contributed by atoms with Gasteiger partial charge in [0.15, 0.2) is 5.96 Å². The van der Waals surface area contributed by atoms with Gasteiger partial charge in [-0.15, -0.1) is 24.0 Å². The van der Waals surface area contributed by atoms with Gasteiger partial charge in [-0.3, -0.25) is 9.79 Å². The van der Waals surface area contributed by atoms with E-state index in [-0.39, 0.29) is 35.9 Å². The minimum absolute atomic E-state index is 0. The number of rotatable bonds is 8. The number of hydrogen-bond donors (Lipinski definition) is 2. The predicted octanol–water partition coefficient (Wildman–Crippen LogP) is 2.43. The number of hydrogen-bond acceptors (Lipinski definition) is 4. The normalized spacial score (nSPS) is 16.4. The van der Waals surface area contributed by atoms with E-state index in [1.165, 1.54) is 0 Å². The van der Waals surface area contributed by atoms with E-state index in [1.807, 2.05) is 36.9 Å². The fourth-order valence-corrected chi connectivity index (χ4v) is 3.21. The van der Waals surface area contributed by atoms with Crippen LogP contribution in [-0.2, 0) is 11.2 Å². The molecule has 8 heteroatoms. The number of guanidine groups is 1. The molecule has 2 N–H and O–H groups in total. The van der Waals surface area contributed by atoms with E-state index in [0.29, 0.717) is 13.0 Å². The maximum atomic E-state index is 11.8. The van der Waals surface area contributed by atoms with Crippen LogP contribution in [0.2, 0.25) is 0 Å². The third kappa shape index (κ3) is 7.03. The first kappa shape index (κ1) is 24.3. The molecule has 7 nitrogen and oxygen atoms in total. The summed E-state index contributed by atoms with van der Waals surface area (Å²) in [6.07, 6.45) is 2.26. The Morgan fingerprint density at radius 3 is 2.71 bits per heavy atom. The van der Waals surface area contributed by atoms with Gasteiger partial charge in [-0.2, -0.15) is 0 Å². The van der Waals surface area contributed by atoms with Crippen LogP contribution in [0.1, 0.15) is 32.3 Å². The van der Waals surface area contributed by atoms with Gasteiger partial charge in [0.2, 0.25) is 5.91 Å². The number of carbonyl (C=O) groups excluding carboxylic acids is 1. The Balaban J connectivity index is 0.00000392. The molecule has 1 fully saturated rings. The lowest BCUT2D eigenvalue weighted by atomic mass is 10.1. The second kappa shape index (κ2) is 12.7. The van der Waals surface area contributed by atoms with Gasteiger partial charge in [-0.1, -0.05) is 6.92 Å². The van der Waals surface area contributed by atoms with Crippen molar-refractivity contribution in [1.82, 2.24) is 15.5 Å². The quantitative estimate of drug-likeness (QED) is 0.323. The molecule has 1 amide bonds. The van der Waals surface area contributed by atoms with Crippen molar-refractivity contribution in [2.45, 2.75) is 39.2 Å². The topological polar surface area (TPSA) is 75.2 Å². The summed E-state index contributed by atoms with van der Waals surface area (Å²) >= 11 is 0. The molecule has 1 heterocycles. The van der Waals surface area contributed by atoms with Crippen LogP contribution in [0.15, 0.2) is 23.2 Å². The Kier molecular flexibility index (Phi) is 11.0. The average Bonchev–Trinajstić information content (AvgIpc) is 3.15. The zero-order valence-corrected chi connectivity index (χ0v) is 19.6. The lowest BCUT2D eigenvalue weighted by Crippen LogP contribution is -2.45. The fourth-order valence-electron chi connectivity index (χ4n) is 3.21. The number of nitrogens with zero attached hydrogens (tertiary/aromatic N) is 2. The van der Waals surface area contributed by atoms with Gasteiger partial charge in [-0.25, -0.2) is 0 Å². The van der Waals surface area contributed by atoms with Gasteiger partial charge in [-0.05, 0) is 43.5 Å². The Morgan fingerprint density at radius 1 is 1.29 bits per heavy atom. The van der Waals surface area contributed by atoms with E-state index < -0.39 is 0 Å². The highest BCUT2D eigenvalue weighted by molar-refractivity contribution is 14.0. The summed E-state index contributed by atoms with van der Waals surface area (Å²) in [6, 6.07) is 6.03. The Hall–Kier alpha value is -1.71. The lowest BCUT2D eigenvalue weighted by molar-refractivity contribution is -0.129. The molecular formula is C20H33IN4O3. The van der Waals surface area contributed by atoms with E-state index >= 15 is 0 Å². The molecule has 1 saturated heterocycles. The first-order valence-corrected chi connectivity index (χ1v) is 9.64. The number of amides is 1. The van der Waals surface area contributed by atoms with Crippen molar-refractivity contribution in [2.75, 3.05) is 40.4 Å². The standard InChI is InChI=1S/C20H32N4O3.HI/c1-5-19(25)24-12-10-16(14-24)23-20(21-6-2)22-11-9-15-13-17(26-3)7-8-18(15)27-4;/h7-8,13,16H,5-6,9-12,14H2,1-4H3,(H2,21,22,23);1H. The van der Waals surface area contributed by atoms with Gasteiger partial charge < -0.3 is 25.0 Å². The summed E-state index contributed by atoms with van der Waals surface area (Å²) in [5.41, 5.74) is 1.07. The molecule has 1 aromatic carbocycles. The molecule has 1 aliphatic rings. The predicted molar refractivity (Wildman–Crippen MR) is 123 cm³/mol. The molecular weight excluding hydrogens is 471 g/mol. The highest BCUT2D eigenvalue weighted by Crippen LogP contribution is 2.24. The van der Waals surface area contributed by atoms with Crippen molar-refractivity contribution in [3.63, 3.8) is 0 Å². The summed E-state index contributed by atoms with van der Waals surface area (Å²) in [5.74, 6) is 2.65. The van der Waals surface area contributed by atoms with Gasteiger partial charge >= 0.3 is 0 Å². The highest BCUT2D eigenvalue weighted by atomic mass is 127. The van der Waals surface area contributed by atoms with Crippen LogP contribution >= 0.6 is 24.0 Å². The SMILES string of the molecule is CCNC(=NCCc1cc(OC)ccc1OC)NC1CCN(C(=O)CC)C1.I. The molecule has 2 rings (SSSR count). The van der Waals surface area contributed by atoms with Crippen LogP contribution in [0.25, 0.3) is 0 Å². The molecule has 1 atom stereocenters. The van der Waals surface area contributed by atoms with Crippen LogP contribution in [0.5, 0.6) is 11.5 Å². The molecule has 0 aromatic heterocycles. The molecule has 1 aromatic rings. The van der Waals surface area contributed by atoms with Gasteiger partial charge in [0.25, 0.3) is 0 Å². The molecule has 0 bridgehead atoms. The van der Waals surface area contributed by atoms with E-state index in [0.717, 1.165) is 55.5 Å². The second-order valence-electron chi connectivity index (χ2n) is 6.51. The van der Waals surface area contributed by atoms with Gasteiger partial charge in [0.1, 0.15) is 11.5 Å². The summed E-state index contributed by atoms with van der Waals surface area (Å²) in [7, 11) is 3.33. The van der Waals surface area contributed by atoms with Crippen LogP contribution in [0.3, 0.4) is 0 Å². The second-order valence-corrected chi connectivity index (χ2v) is 6.51. The van der Waals surface area contributed by atoms with E-state index in [4.69, 9.17) is 9.47 Å². The average molecular weight is 504 g/mol. The minimum Gasteiger partial charge on any atom is -0.497 e. The van der Waals surface area contributed by atoms with Crippen molar-refractivity contribution < 1.29 is 14.3 Å². The number of ether oxygens (including phenoxy) is 2. The molecule has 0 spiro atoms. The van der Waals surface area contributed by atoms with E-state index in [2.05, 4.69) is 15.6 Å².